The molecule has 0 aromatic carbocycles. The van der Waals surface area contributed by atoms with Gasteiger partial charge in [-0.2, -0.15) is 0 Å². The summed E-state index contributed by atoms with van der Waals surface area (Å²) in [6, 6.07) is -0.634. The van der Waals surface area contributed by atoms with Crippen molar-refractivity contribution in [3.05, 3.63) is 36.5 Å². The van der Waals surface area contributed by atoms with Crippen molar-refractivity contribution in [3.8, 4) is 0 Å². The molecule has 1 amide bonds. The van der Waals surface area contributed by atoms with E-state index in [1.165, 1.54) is 308 Å². The number of hydrogen-bond acceptors (Lipinski definition) is 5. The van der Waals surface area contributed by atoms with Crippen LogP contribution in [0.5, 0.6) is 0 Å². The molecule has 0 aromatic rings. The molecule has 3 N–H and O–H groups in total. The Bertz CT molecular complexity index is 1250. The minimum Gasteiger partial charge on any atom is -0.466 e. The minimum atomic E-state index is -0.850. The fourth-order valence-corrected chi connectivity index (χ4v) is 10.8. The summed E-state index contributed by atoms with van der Waals surface area (Å²) in [7, 11) is 0. The van der Waals surface area contributed by atoms with Crippen molar-refractivity contribution in [2.45, 2.75) is 392 Å². The summed E-state index contributed by atoms with van der Waals surface area (Å²) in [6.07, 6.45) is 85.0. The van der Waals surface area contributed by atoms with Crippen LogP contribution in [0.1, 0.15) is 380 Å². The van der Waals surface area contributed by atoms with Gasteiger partial charge in [-0.05, 0) is 64.2 Å². The fraction of sp³-hybridized carbons (Fsp3) is 0.887. The molecule has 0 aliphatic rings. The zero-order chi connectivity index (χ0) is 55.7. The monoisotopic (exact) mass is 1080 g/mol. The first-order chi connectivity index (χ1) is 38.0. The molecule has 6 heteroatoms. The standard InChI is InChI=1S/C71H135NO5/c1-3-5-7-9-11-13-15-16-17-18-19-20-21-25-28-31-34-37-40-44-47-51-55-59-63-69(74)68(67-73)72-70(75)64-60-56-52-48-45-41-38-35-32-29-26-23-22-24-27-30-33-36-39-42-46-50-54-58-62-66-77-71(76)65-61-57-53-49-43-14-12-10-8-6-4-2/h23-24,26-27,59,63,68-69,73-74H,3-22,25,28-58,60-62,64-67H2,1-2H3,(H,72,75)/b26-23-,27-24-,63-59+. The number of carbonyl (C=O) groups is 2. The SMILES string of the molecule is CCCCCCCCCCCCCCCCCCCCCCCC/C=C/C(O)C(CO)NC(=O)CCCCCCCCCCC/C=C\C/C=C\CCCCCCCCCCCOC(=O)CCCCCCCCCCCCC. The molecule has 0 aliphatic carbocycles. The van der Waals surface area contributed by atoms with E-state index in [1.807, 2.05) is 6.08 Å². The van der Waals surface area contributed by atoms with Gasteiger partial charge in [0, 0.05) is 12.8 Å². The molecule has 0 bridgehead atoms. The number of amides is 1. The third-order valence-electron chi connectivity index (χ3n) is 16.2. The van der Waals surface area contributed by atoms with Crippen LogP contribution in [0.25, 0.3) is 0 Å². The Morgan fingerprint density at radius 3 is 0.987 bits per heavy atom. The average Bonchev–Trinajstić information content (AvgIpc) is 3.43. The number of rotatable bonds is 65. The maximum atomic E-state index is 12.5. The summed E-state index contributed by atoms with van der Waals surface area (Å²) in [6.45, 7) is 4.92. The van der Waals surface area contributed by atoms with E-state index in [-0.39, 0.29) is 18.5 Å². The molecule has 0 aliphatic heterocycles. The fourth-order valence-electron chi connectivity index (χ4n) is 10.8. The van der Waals surface area contributed by atoms with Gasteiger partial charge in [0.05, 0.1) is 25.4 Å². The summed E-state index contributed by atoms with van der Waals surface area (Å²) in [5.74, 6) is -0.0617. The Balaban J connectivity index is 3.46. The van der Waals surface area contributed by atoms with Gasteiger partial charge in [0.15, 0.2) is 0 Å². The molecule has 0 heterocycles. The van der Waals surface area contributed by atoms with Crippen molar-refractivity contribution >= 4 is 11.9 Å². The lowest BCUT2D eigenvalue weighted by Gasteiger charge is -2.20. The molecule has 454 valence electrons. The third kappa shape index (κ3) is 63.1. The highest BCUT2D eigenvalue weighted by Crippen LogP contribution is 2.18. The first kappa shape index (κ1) is 75.1. The van der Waals surface area contributed by atoms with E-state index in [0.717, 1.165) is 44.9 Å². The second-order valence-electron chi connectivity index (χ2n) is 23.9. The highest BCUT2D eigenvalue weighted by Gasteiger charge is 2.18. The lowest BCUT2D eigenvalue weighted by molar-refractivity contribution is -0.143. The third-order valence-corrected chi connectivity index (χ3v) is 16.2. The highest BCUT2D eigenvalue weighted by molar-refractivity contribution is 5.76. The average molecular weight is 1080 g/mol. The summed E-state index contributed by atoms with van der Waals surface area (Å²) in [4.78, 5) is 24.5. The maximum absolute atomic E-state index is 12.5. The number of unbranched alkanes of at least 4 members (excludes halogenated alkanes) is 50. The molecule has 0 spiro atoms. The Kier molecular flexibility index (Phi) is 64.9. The first-order valence-electron chi connectivity index (χ1n) is 34.8. The van der Waals surface area contributed by atoms with Crippen LogP contribution < -0.4 is 5.32 Å². The molecule has 0 aromatic heterocycles. The van der Waals surface area contributed by atoms with Crippen molar-refractivity contribution in [2.24, 2.45) is 0 Å². The van der Waals surface area contributed by atoms with Crippen LogP contribution in [-0.4, -0.2) is 47.4 Å². The molecule has 0 fully saturated rings. The number of carbonyl (C=O) groups excluding carboxylic acids is 2. The second-order valence-corrected chi connectivity index (χ2v) is 23.9. The summed E-state index contributed by atoms with van der Waals surface area (Å²) in [5, 5.41) is 23.3. The summed E-state index contributed by atoms with van der Waals surface area (Å²) in [5.41, 5.74) is 0. The number of nitrogens with one attached hydrogen (secondary N) is 1. The van der Waals surface area contributed by atoms with Crippen LogP contribution in [0.15, 0.2) is 36.5 Å². The van der Waals surface area contributed by atoms with Gasteiger partial charge in [-0.3, -0.25) is 9.59 Å². The lowest BCUT2D eigenvalue weighted by Crippen LogP contribution is -2.45. The molecule has 6 nitrogen and oxygen atoms in total. The van der Waals surface area contributed by atoms with Gasteiger partial charge in [-0.25, -0.2) is 0 Å². The molecule has 0 saturated heterocycles. The van der Waals surface area contributed by atoms with Crippen molar-refractivity contribution in [1.82, 2.24) is 5.32 Å². The van der Waals surface area contributed by atoms with E-state index in [2.05, 4.69) is 43.5 Å². The minimum absolute atomic E-state index is 0.00863. The largest absolute Gasteiger partial charge is 0.466 e. The van der Waals surface area contributed by atoms with Gasteiger partial charge in [0.25, 0.3) is 0 Å². The van der Waals surface area contributed by atoms with Crippen LogP contribution in [0.4, 0.5) is 0 Å². The van der Waals surface area contributed by atoms with Gasteiger partial charge in [0.1, 0.15) is 0 Å². The Hall–Kier alpha value is -1.92. The van der Waals surface area contributed by atoms with E-state index in [9.17, 15) is 19.8 Å². The van der Waals surface area contributed by atoms with Crippen molar-refractivity contribution in [2.75, 3.05) is 13.2 Å². The molecular formula is C71H135NO5. The number of allylic oxidation sites excluding steroid dienone is 5. The van der Waals surface area contributed by atoms with Crippen LogP contribution in [0, 0.1) is 0 Å². The lowest BCUT2D eigenvalue weighted by atomic mass is 10.0. The number of aliphatic hydroxyl groups is 2. The summed E-state index contributed by atoms with van der Waals surface area (Å²) >= 11 is 0. The Morgan fingerprint density at radius 2 is 0.649 bits per heavy atom. The molecular weight excluding hydrogens is 947 g/mol. The summed E-state index contributed by atoms with van der Waals surface area (Å²) < 4.78 is 5.47. The quantitative estimate of drug-likeness (QED) is 0.0320. The molecule has 0 radical (unpaired) electrons. The Labute approximate surface area is 481 Å². The highest BCUT2D eigenvalue weighted by atomic mass is 16.5. The van der Waals surface area contributed by atoms with Gasteiger partial charge >= 0.3 is 5.97 Å². The van der Waals surface area contributed by atoms with Crippen molar-refractivity contribution in [3.63, 3.8) is 0 Å². The Morgan fingerprint density at radius 1 is 0.364 bits per heavy atom. The molecule has 0 rings (SSSR count). The molecule has 77 heavy (non-hydrogen) atoms. The number of aliphatic hydroxyl groups excluding tert-OH is 2. The van der Waals surface area contributed by atoms with E-state index in [1.54, 1.807) is 6.08 Å². The van der Waals surface area contributed by atoms with Crippen molar-refractivity contribution < 1.29 is 24.5 Å². The topological polar surface area (TPSA) is 95.9 Å². The normalized spacial score (nSPS) is 12.7. The van der Waals surface area contributed by atoms with Crippen LogP contribution >= 0.6 is 0 Å². The second kappa shape index (κ2) is 66.6. The van der Waals surface area contributed by atoms with Crippen LogP contribution in [0.3, 0.4) is 0 Å². The predicted octanol–water partition coefficient (Wildman–Crippen LogP) is 22.3. The predicted molar refractivity (Wildman–Crippen MR) is 338 cm³/mol. The van der Waals surface area contributed by atoms with Gasteiger partial charge in [-0.15, -0.1) is 0 Å². The van der Waals surface area contributed by atoms with E-state index >= 15 is 0 Å². The number of ether oxygens (including phenoxy) is 1. The maximum Gasteiger partial charge on any atom is 0.305 e. The zero-order valence-corrected chi connectivity index (χ0v) is 52.0. The van der Waals surface area contributed by atoms with E-state index < -0.39 is 12.1 Å². The van der Waals surface area contributed by atoms with Gasteiger partial charge < -0.3 is 20.3 Å². The molecule has 2 atom stereocenters. The smallest absolute Gasteiger partial charge is 0.305 e. The van der Waals surface area contributed by atoms with Crippen molar-refractivity contribution in [1.29, 1.82) is 0 Å². The van der Waals surface area contributed by atoms with Gasteiger partial charge in [-0.1, -0.05) is 339 Å². The number of hydrogen-bond donors (Lipinski definition) is 3. The molecule has 2 unspecified atom stereocenters. The van der Waals surface area contributed by atoms with Crippen LogP contribution in [0.2, 0.25) is 0 Å². The van der Waals surface area contributed by atoms with Gasteiger partial charge in [0.2, 0.25) is 5.91 Å². The van der Waals surface area contributed by atoms with Crippen LogP contribution in [-0.2, 0) is 14.3 Å². The first-order valence-corrected chi connectivity index (χ1v) is 34.8. The van der Waals surface area contributed by atoms with E-state index in [4.69, 9.17) is 4.74 Å². The zero-order valence-electron chi connectivity index (χ0n) is 52.0. The number of esters is 1. The van der Waals surface area contributed by atoms with E-state index in [0.29, 0.717) is 19.4 Å². The molecule has 0 saturated carbocycles.